The highest BCUT2D eigenvalue weighted by Crippen LogP contribution is 2.28. The topological polar surface area (TPSA) is 99.4 Å². The summed E-state index contributed by atoms with van der Waals surface area (Å²) in [4.78, 5) is 16.4. The molecule has 2 rings (SSSR count). The third-order valence-corrected chi connectivity index (χ3v) is 3.50. The number of nitrogens with two attached hydrogens (primary N) is 1. The predicted octanol–water partition coefficient (Wildman–Crippen LogP) is 0.662. The van der Waals surface area contributed by atoms with Crippen molar-refractivity contribution in [3.63, 3.8) is 0 Å². The molecule has 8 heteroatoms. The Morgan fingerprint density at radius 2 is 2.25 bits per heavy atom. The van der Waals surface area contributed by atoms with E-state index in [1.807, 2.05) is 4.90 Å². The number of hydrogen-bond donors (Lipinski definition) is 1. The molecule has 1 aliphatic rings. The number of piperidine rings is 1. The molecule has 20 heavy (non-hydrogen) atoms. The highest BCUT2D eigenvalue weighted by molar-refractivity contribution is 5.54. The van der Waals surface area contributed by atoms with Crippen LogP contribution in [0, 0.1) is 10.1 Å². The lowest BCUT2D eigenvalue weighted by atomic mass is 10.1. The fraction of sp³-hybridized carbons (Fsp3) is 0.750. The van der Waals surface area contributed by atoms with Crippen LogP contribution in [0.2, 0.25) is 0 Å². The highest BCUT2D eigenvalue weighted by atomic mass is 16.6. The normalized spacial score (nSPS) is 16.6. The molecule has 1 aromatic rings. The number of ether oxygens (including phenoxy) is 1. The van der Waals surface area contributed by atoms with Crippen LogP contribution in [0.15, 0.2) is 6.33 Å². The number of imidazole rings is 1. The quantitative estimate of drug-likeness (QED) is 0.468. The summed E-state index contributed by atoms with van der Waals surface area (Å²) in [6, 6.07) is 0. The minimum Gasteiger partial charge on any atom is -0.378 e. The third kappa shape index (κ3) is 3.26. The van der Waals surface area contributed by atoms with Crippen LogP contribution < -0.4 is 10.6 Å². The van der Waals surface area contributed by atoms with Gasteiger partial charge in [-0.15, -0.1) is 0 Å². The molecule has 0 radical (unpaired) electrons. The van der Waals surface area contributed by atoms with Gasteiger partial charge in [0.1, 0.15) is 0 Å². The Labute approximate surface area is 117 Å². The van der Waals surface area contributed by atoms with Crippen molar-refractivity contribution in [2.45, 2.75) is 25.4 Å². The minimum atomic E-state index is -0.431. The summed E-state index contributed by atoms with van der Waals surface area (Å²) in [5.41, 5.74) is 5.43. The van der Waals surface area contributed by atoms with Crippen LogP contribution in [-0.2, 0) is 11.8 Å². The van der Waals surface area contributed by atoms with Gasteiger partial charge in [0, 0.05) is 26.7 Å². The highest BCUT2D eigenvalue weighted by Gasteiger charge is 2.29. The summed E-state index contributed by atoms with van der Waals surface area (Å²) in [6.45, 7) is 2.81. The molecule has 0 aromatic carbocycles. The average molecular weight is 283 g/mol. The van der Waals surface area contributed by atoms with Crippen LogP contribution in [0.3, 0.4) is 0 Å². The Morgan fingerprint density at radius 3 is 2.85 bits per heavy atom. The zero-order valence-electron chi connectivity index (χ0n) is 11.7. The standard InChI is InChI=1S/C12H21N5O3/c1-15-9-14-11(17(18)19)12(15)16-6-3-10(4-7-16)20-8-2-5-13/h9-10H,2-8,13H2,1H3. The van der Waals surface area contributed by atoms with Crippen molar-refractivity contribution in [2.24, 2.45) is 12.8 Å². The third-order valence-electron chi connectivity index (χ3n) is 3.50. The number of nitro groups is 1. The second-order valence-electron chi connectivity index (χ2n) is 4.96. The van der Waals surface area contributed by atoms with Crippen molar-refractivity contribution < 1.29 is 9.66 Å². The molecule has 0 atom stereocenters. The molecule has 2 heterocycles. The monoisotopic (exact) mass is 283 g/mol. The number of aromatic nitrogens is 2. The molecule has 0 unspecified atom stereocenters. The Balaban J connectivity index is 1.94. The Kier molecular flexibility index (Phi) is 4.91. The van der Waals surface area contributed by atoms with E-state index >= 15 is 0 Å². The van der Waals surface area contributed by atoms with E-state index in [1.165, 1.54) is 6.33 Å². The Morgan fingerprint density at radius 1 is 1.55 bits per heavy atom. The molecule has 0 amide bonds. The molecule has 1 fully saturated rings. The fourth-order valence-electron chi connectivity index (χ4n) is 2.47. The molecule has 0 bridgehead atoms. The van der Waals surface area contributed by atoms with Crippen molar-refractivity contribution in [1.29, 1.82) is 0 Å². The van der Waals surface area contributed by atoms with E-state index in [-0.39, 0.29) is 11.9 Å². The first kappa shape index (κ1) is 14.7. The Hall–Kier alpha value is -1.67. The van der Waals surface area contributed by atoms with Gasteiger partial charge in [0.05, 0.1) is 6.10 Å². The maximum atomic E-state index is 11.0. The van der Waals surface area contributed by atoms with Crippen molar-refractivity contribution in [3.05, 3.63) is 16.4 Å². The van der Waals surface area contributed by atoms with Crippen LogP contribution in [-0.4, -0.2) is 46.8 Å². The molecule has 2 N–H and O–H groups in total. The lowest BCUT2D eigenvalue weighted by molar-refractivity contribution is -0.388. The number of anilines is 1. The molecule has 112 valence electrons. The van der Waals surface area contributed by atoms with Crippen molar-refractivity contribution in [1.82, 2.24) is 9.55 Å². The zero-order chi connectivity index (χ0) is 14.5. The van der Waals surface area contributed by atoms with E-state index < -0.39 is 4.92 Å². The van der Waals surface area contributed by atoms with Gasteiger partial charge < -0.3 is 25.5 Å². The second-order valence-corrected chi connectivity index (χ2v) is 4.96. The van der Waals surface area contributed by atoms with Gasteiger partial charge in [-0.05, 0) is 35.7 Å². The van der Waals surface area contributed by atoms with Crippen molar-refractivity contribution >= 4 is 11.6 Å². The van der Waals surface area contributed by atoms with Gasteiger partial charge in [0.2, 0.25) is 12.1 Å². The number of aryl methyl sites for hydroxylation is 1. The smallest absolute Gasteiger partial charge is 0.378 e. The van der Waals surface area contributed by atoms with Crippen LogP contribution in [0.4, 0.5) is 11.6 Å². The Bertz CT molecular complexity index is 454. The molecule has 1 aromatic heterocycles. The van der Waals surface area contributed by atoms with E-state index in [0.29, 0.717) is 19.0 Å². The molecule has 1 saturated heterocycles. The van der Waals surface area contributed by atoms with Crippen LogP contribution in [0.1, 0.15) is 19.3 Å². The molecule has 0 saturated carbocycles. The lowest BCUT2D eigenvalue weighted by Gasteiger charge is -2.32. The maximum absolute atomic E-state index is 11.0. The van der Waals surface area contributed by atoms with Crippen molar-refractivity contribution in [3.8, 4) is 0 Å². The van der Waals surface area contributed by atoms with Gasteiger partial charge in [-0.25, -0.2) is 0 Å². The first-order valence-corrected chi connectivity index (χ1v) is 6.85. The molecule has 0 aliphatic carbocycles. The molecular formula is C12H21N5O3. The van der Waals surface area contributed by atoms with Crippen molar-refractivity contribution in [2.75, 3.05) is 31.1 Å². The lowest BCUT2D eigenvalue weighted by Crippen LogP contribution is -2.38. The summed E-state index contributed by atoms with van der Waals surface area (Å²) >= 11 is 0. The van der Waals surface area contributed by atoms with Gasteiger partial charge >= 0.3 is 5.82 Å². The first-order valence-electron chi connectivity index (χ1n) is 6.85. The second kappa shape index (κ2) is 6.67. The summed E-state index contributed by atoms with van der Waals surface area (Å²) in [7, 11) is 1.78. The summed E-state index contributed by atoms with van der Waals surface area (Å²) in [5, 5.41) is 11.0. The maximum Gasteiger partial charge on any atom is 0.406 e. The van der Waals surface area contributed by atoms with Gasteiger partial charge in [0.15, 0.2) is 0 Å². The van der Waals surface area contributed by atoms with Gasteiger partial charge in [-0.2, -0.15) is 0 Å². The van der Waals surface area contributed by atoms with Gasteiger partial charge in [-0.1, -0.05) is 0 Å². The van der Waals surface area contributed by atoms with E-state index in [0.717, 1.165) is 32.4 Å². The molecule has 0 spiro atoms. The SMILES string of the molecule is Cn1cnc([N+](=O)[O-])c1N1CCC(OCCCN)CC1. The largest absolute Gasteiger partial charge is 0.406 e. The number of rotatable bonds is 6. The summed E-state index contributed by atoms with van der Waals surface area (Å²) in [6.07, 6.45) is 4.31. The fourth-order valence-corrected chi connectivity index (χ4v) is 2.47. The molecule has 8 nitrogen and oxygen atoms in total. The van der Waals surface area contributed by atoms with E-state index in [2.05, 4.69) is 4.98 Å². The first-order chi connectivity index (χ1) is 9.63. The average Bonchev–Trinajstić information content (AvgIpc) is 2.82. The number of hydrogen-bond acceptors (Lipinski definition) is 6. The predicted molar refractivity (Wildman–Crippen MR) is 74.7 cm³/mol. The zero-order valence-corrected chi connectivity index (χ0v) is 11.7. The van der Waals surface area contributed by atoms with Gasteiger partial charge in [0.25, 0.3) is 0 Å². The molecular weight excluding hydrogens is 262 g/mol. The van der Waals surface area contributed by atoms with E-state index in [4.69, 9.17) is 10.5 Å². The van der Waals surface area contributed by atoms with Crippen LogP contribution in [0.5, 0.6) is 0 Å². The van der Waals surface area contributed by atoms with Crippen LogP contribution in [0.25, 0.3) is 0 Å². The van der Waals surface area contributed by atoms with Gasteiger partial charge in [-0.3, -0.25) is 4.57 Å². The number of nitrogens with zero attached hydrogens (tertiary/aromatic N) is 4. The van der Waals surface area contributed by atoms with E-state index in [1.54, 1.807) is 11.6 Å². The molecule has 1 aliphatic heterocycles. The summed E-state index contributed by atoms with van der Waals surface area (Å²) in [5.74, 6) is 0.505. The minimum absolute atomic E-state index is 0.0741. The summed E-state index contributed by atoms with van der Waals surface area (Å²) < 4.78 is 7.44. The van der Waals surface area contributed by atoms with E-state index in [9.17, 15) is 10.1 Å². The van der Waals surface area contributed by atoms with Crippen LogP contribution >= 0.6 is 0 Å².